The number of halogens is 1. The average Bonchev–Trinajstić information content (AvgIpc) is 3.03. The van der Waals surface area contributed by atoms with Crippen molar-refractivity contribution in [1.29, 1.82) is 0 Å². The van der Waals surface area contributed by atoms with Crippen LogP contribution in [0.3, 0.4) is 0 Å². The monoisotopic (exact) mass is 539 g/mol. The number of hydrogen-bond acceptors (Lipinski definition) is 7. The standard InChI is InChI=1S/C29H30ClNO7/c1-5-8-26(32)37-29-28(33)31(17-18-11-13-20(34-2)16-25(18)36-4)23-14-12-19(30)15-22(23)27(38-29)21-9-6-7-10-24(21)35-3/h6-7,9-16,27,29H,5,8,17H2,1-4H3. The SMILES string of the molecule is CCCC(=O)OC1OC(c2ccccc2OC)c2cc(Cl)ccc2N(Cc2ccc(OC)cc2OC)C1=O. The highest BCUT2D eigenvalue weighted by Gasteiger charge is 2.40. The summed E-state index contributed by atoms with van der Waals surface area (Å²) in [5, 5.41) is 0.461. The number of ether oxygens (including phenoxy) is 5. The van der Waals surface area contributed by atoms with Crippen LogP contribution in [0.25, 0.3) is 0 Å². The lowest BCUT2D eigenvalue weighted by Gasteiger charge is -2.26. The second kappa shape index (κ2) is 12.2. The maximum absolute atomic E-state index is 14.0. The summed E-state index contributed by atoms with van der Waals surface area (Å²) in [5.41, 5.74) is 2.56. The summed E-state index contributed by atoms with van der Waals surface area (Å²) in [5.74, 6) is 0.647. The Bertz CT molecular complexity index is 1310. The Balaban J connectivity index is 1.87. The van der Waals surface area contributed by atoms with Crippen molar-refractivity contribution in [3.8, 4) is 17.2 Å². The van der Waals surface area contributed by atoms with Crippen LogP contribution < -0.4 is 19.1 Å². The van der Waals surface area contributed by atoms with Crippen LogP contribution in [0, 0.1) is 0 Å². The molecular formula is C29H30ClNO7. The lowest BCUT2D eigenvalue weighted by atomic mass is 9.98. The molecule has 0 N–H and O–H groups in total. The predicted molar refractivity (Wildman–Crippen MR) is 143 cm³/mol. The Morgan fingerprint density at radius 2 is 1.71 bits per heavy atom. The molecule has 1 amide bonds. The van der Waals surface area contributed by atoms with E-state index in [0.717, 1.165) is 5.56 Å². The van der Waals surface area contributed by atoms with Gasteiger partial charge < -0.3 is 28.6 Å². The molecule has 1 heterocycles. The predicted octanol–water partition coefficient (Wildman–Crippen LogP) is 5.69. The molecule has 0 fully saturated rings. The molecule has 1 aliphatic rings. The van der Waals surface area contributed by atoms with E-state index in [1.54, 1.807) is 57.7 Å². The number of hydrogen-bond donors (Lipinski definition) is 0. The molecule has 0 spiro atoms. The number of methoxy groups -OCH3 is 3. The second-order valence-electron chi connectivity index (χ2n) is 8.64. The van der Waals surface area contributed by atoms with E-state index < -0.39 is 24.3 Å². The largest absolute Gasteiger partial charge is 0.497 e. The fraction of sp³-hybridized carbons (Fsp3) is 0.310. The van der Waals surface area contributed by atoms with Gasteiger partial charge in [-0.1, -0.05) is 36.7 Å². The zero-order valence-electron chi connectivity index (χ0n) is 21.7. The first-order valence-corrected chi connectivity index (χ1v) is 12.6. The van der Waals surface area contributed by atoms with Crippen molar-refractivity contribution in [1.82, 2.24) is 0 Å². The zero-order valence-corrected chi connectivity index (χ0v) is 22.5. The maximum atomic E-state index is 14.0. The van der Waals surface area contributed by atoms with Crippen LogP contribution in [0.2, 0.25) is 5.02 Å². The molecule has 0 bridgehead atoms. The van der Waals surface area contributed by atoms with Crippen LogP contribution >= 0.6 is 11.6 Å². The maximum Gasteiger partial charge on any atom is 0.308 e. The van der Waals surface area contributed by atoms with E-state index in [0.29, 0.717) is 45.5 Å². The number of amides is 1. The molecule has 4 rings (SSSR count). The van der Waals surface area contributed by atoms with Gasteiger partial charge in [-0.25, -0.2) is 0 Å². The molecule has 2 unspecified atom stereocenters. The lowest BCUT2D eigenvalue weighted by molar-refractivity contribution is -0.190. The summed E-state index contributed by atoms with van der Waals surface area (Å²) < 4.78 is 28.4. The van der Waals surface area contributed by atoms with Crippen molar-refractivity contribution in [2.75, 3.05) is 26.2 Å². The summed E-state index contributed by atoms with van der Waals surface area (Å²) >= 11 is 6.43. The fourth-order valence-electron chi connectivity index (χ4n) is 4.38. The number of benzene rings is 3. The van der Waals surface area contributed by atoms with Crippen LogP contribution in [-0.4, -0.2) is 39.5 Å². The van der Waals surface area contributed by atoms with Gasteiger partial charge in [-0.2, -0.15) is 0 Å². The molecule has 0 saturated carbocycles. The second-order valence-corrected chi connectivity index (χ2v) is 9.07. The van der Waals surface area contributed by atoms with E-state index in [-0.39, 0.29) is 13.0 Å². The van der Waals surface area contributed by atoms with Gasteiger partial charge in [0.05, 0.1) is 33.6 Å². The van der Waals surface area contributed by atoms with Crippen LogP contribution in [0.5, 0.6) is 17.2 Å². The van der Waals surface area contributed by atoms with E-state index in [4.69, 9.17) is 35.3 Å². The molecule has 0 radical (unpaired) electrons. The Morgan fingerprint density at radius 1 is 0.947 bits per heavy atom. The molecule has 3 aromatic carbocycles. The number of carbonyl (C=O) groups excluding carboxylic acids is 2. The highest BCUT2D eigenvalue weighted by Crippen LogP contribution is 2.43. The molecule has 8 nitrogen and oxygen atoms in total. The van der Waals surface area contributed by atoms with Gasteiger partial charge in [-0.05, 0) is 42.8 Å². The lowest BCUT2D eigenvalue weighted by Crippen LogP contribution is -2.41. The van der Waals surface area contributed by atoms with Gasteiger partial charge in [0.15, 0.2) is 0 Å². The molecule has 200 valence electrons. The fourth-order valence-corrected chi connectivity index (χ4v) is 4.56. The Hall–Kier alpha value is -3.75. The molecular weight excluding hydrogens is 510 g/mol. The van der Waals surface area contributed by atoms with Gasteiger partial charge in [0.1, 0.15) is 23.4 Å². The highest BCUT2D eigenvalue weighted by atomic mass is 35.5. The number of anilines is 1. The van der Waals surface area contributed by atoms with Crippen LogP contribution in [-0.2, 0) is 25.6 Å². The average molecular weight is 540 g/mol. The Labute approximate surface area is 227 Å². The van der Waals surface area contributed by atoms with E-state index in [9.17, 15) is 9.59 Å². The quantitative estimate of drug-likeness (QED) is 0.323. The van der Waals surface area contributed by atoms with Gasteiger partial charge >= 0.3 is 5.97 Å². The van der Waals surface area contributed by atoms with Gasteiger partial charge in [0.2, 0.25) is 0 Å². The Morgan fingerprint density at radius 3 is 2.42 bits per heavy atom. The third kappa shape index (κ3) is 5.71. The van der Waals surface area contributed by atoms with Crippen molar-refractivity contribution < 1.29 is 33.3 Å². The van der Waals surface area contributed by atoms with E-state index in [1.165, 1.54) is 4.90 Å². The number of para-hydroxylation sites is 1. The first-order valence-electron chi connectivity index (χ1n) is 12.2. The molecule has 0 saturated heterocycles. The number of rotatable bonds is 9. The highest BCUT2D eigenvalue weighted by molar-refractivity contribution is 6.30. The Kier molecular flexibility index (Phi) is 8.76. The summed E-state index contributed by atoms with van der Waals surface area (Å²) in [6.45, 7) is 1.97. The summed E-state index contributed by atoms with van der Waals surface area (Å²) in [7, 11) is 4.67. The molecule has 3 aromatic rings. The first-order chi connectivity index (χ1) is 18.4. The molecule has 0 aliphatic carbocycles. The van der Waals surface area contributed by atoms with E-state index in [2.05, 4.69) is 0 Å². The summed E-state index contributed by atoms with van der Waals surface area (Å²) in [6, 6.07) is 17.9. The number of nitrogens with zero attached hydrogens (tertiary/aromatic N) is 1. The van der Waals surface area contributed by atoms with Crippen molar-refractivity contribution >= 4 is 29.2 Å². The van der Waals surface area contributed by atoms with Crippen LogP contribution in [0.15, 0.2) is 60.7 Å². The normalized spacial score (nSPS) is 16.9. The smallest absolute Gasteiger partial charge is 0.308 e. The minimum absolute atomic E-state index is 0.116. The van der Waals surface area contributed by atoms with Crippen molar-refractivity contribution in [2.24, 2.45) is 0 Å². The first kappa shape index (κ1) is 27.3. The number of esters is 1. The van der Waals surface area contributed by atoms with Gasteiger partial charge in [-0.15, -0.1) is 0 Å². The van der Waals surface area contributed by atoms with Gasteiger partial charge in [0.25, 0.3) is 12.2 Å². The minimum Gasteiger partial charge on any atom is -0.497 e. The molecule has 9 heteroatoms. The summed E-state index contributed by atoms with van der Waals surface area (Å²) in [4.78, 5) is 28.1. The topological polar surface area (TPSA) is 83.5 Å². The molecule has 0 aromatic heterocycles. The third-order valence-corrected chi connectivity index (χ3v) is 6.46. The van der Waals surface area contributed by atoms with Crippen molar-refractivity contribution in [2.45, 2.75) is 38.7 Å². The number of fused-ring (bicyclic) bond motifs is 1. The molecule has 1 aliphatic heterocycles. The van der Waals surface area contributed by atoms with E-state index in [1.807, 2.05) is 31.2 Å². The number of carbonyl (C=O) groups is 2. The third-order valence-electron chi connectivity index (χ3n) is 6.23. The minimum atomic E-state index is -1.50. The van der Waals surface area contributed by atoms with Gasteiger partial charge in [-0.3, -0.25) is 9.59 Å². The summed E-state index contributed by atoms with van der Waals surface area (Å²) in [6.07, 6.45) is -1.60. The van der Waals surface area contributed by atoms with Gasteiger partial charge in [0, 0.05) is 34.2 Å². The molecule has 38 heavy (non-hydrogen) atoms. The van der Waals surface area contributed by atoms with E-state index >= 15 is 0 Å². The van der Waals surface area contributed by atoms with Crippen molar-refractivity contribution in [3.63, 3.8) is 0 Å². The molecule has 2 atom stereocenters. The van der Waals surface area contributed by atoms with Crippen molar-refractivity contribution in [3.05, 3.63) is 82.4 Å². The van der Waals surface area contributed by atoms with Crippen LogP contribution in [0.1, 0.15) is 42.6 Å². The zero-order chi connectivity index (χ0) is 27.2. The van der Waals surface area contributed by atoms with Crippen LogP contribution in [0.4, 0.5) is 5.69 Å².